The average Bonchev–Trinajstić information content (AvgIpc) is 3.31. The van der Waals surface area contributed by atoms with E-state index in [4.69, 9.17) is 25.8 Å². The fraction of sp³-hybridized carbons (Fsp3) is 0.120. The number of phenols is 1. The number of nitrogens with zero attached hydrogens (tertiary/aromatic N) is 1. The van der Waals surface area contributed by atoms with Gasteiger partial charge < -0.3 is 23.7 Å². The molecule has 4 aromatic rings. The maximum Gasteiger partial charge on any atom is 0.209 e. The number of rotatable bonds is 7. The lowest BCUT2D eigenvalue weighted by Gasteiger charge is -2.17. The number of aromatic nitrogens is 1. The van der Waals surface area contributed by atoms with E-state index in [0.29, 0.717) is 16.1 Å². The Morgan fingerprint density at radius 3 is 2.18 bits per heavy atom. The van der Waals surface area contributed by atoms with Gasteiger partial charge in [0.05, 0.1) is 27.0 Å². The summed E-state index contributed by atoms with van der Waals surface area (Å²) in [6.07, 6.45) is 1.74. The van der Waals surface area contributed by atoms with Gasteiger partial charge in [-0.1, -0.05) is 11.6 Å². The van der Waals surface area contributed by atoms with Crippen molar-refractivity contribution in [1.82, 2.24) is 4.40 Å². The molecule has 0 fully saturated rings. The Bertz CT molecular complexity index is 1370. The lowest BCUT2D eigenvalue weighted by molar-refractivity contribution is 0.103. The van der Waals surface area contributed by atoms with Gasteiger partial charge >= 0.3 is 0 Å². The minimum absolute atomic E-state index is 0.0279. The van der Waals surface area contributed by atoms with E-state index < -0.39 is 5.78 Å². The van der Waals surface area contributed by atoms with Gasteiger partial charge in [0.15, 0.2) is 11.5 Å². The highest BCUT2D eigenvalue weighted by Gasteiger charge is 2.27. The van der Waals surface area contributed by atoms with Gasteiger partial charge in [0.25, 0.3) is 0 Å². The Morgan fingerprint density at radius 1 is 0.848 bits per heavy atom. The number of carbonyl (C=O) groups is 2. The van der Waals surface area contributed by atoms with Gasteiger partial charge in [0, 0.05) is 33.9 Å². The van der Waals surface area contributed by atoms with Gasteiger partial charge in [-0.25, -0.2) is 0 Å². The SMILES string of the molecule is COc1cc(O)c(C(=O)c2cc(C(=O)c3ccc(Cl)cc3)n3cccc3c2)c(OC)c1OC. The zero-order valence-electron chi connectivity index (χ0n) is 18.1. The van der Waals surface area contributed by atoms with Crippen LogP contribution >= 0.6 is 11.6 Å². The average molecular weight is 466 g/mol. The van der Waals surface area contributed by atoms with Crippen molar-refractivity contribution in [3.8, 4) is 23.0 Å². The van der Waals surface area contributed by atoms with Gasteiger partial charge in [-0.3, -0.25) is 9.59 Å². The van der Waals surface area contributed by atoms with Crippen LogP contribution in [0.15, 0.2) is 60.8 Å². The smallest absolute Gasteiger partial charge is 0.209 e. The Balaban J connectivity index is 1.89. The van der Waals surface area contributed by atoms with Crippen LogP contribution in [0.4, 0.5) is 0 Å². The highest BCUT2D eigenvalue weighted by atomic mass is 35.5. The molecule has 8 heteroatoms. The molecule has 33 heavy (non-hydrogen) atoms. The highest BCUT2D eigenvalue weighted by Crippen LogP contribution is 2.45. The van der Waals surface area contributed by atoms with Crippen molar-refractivity contribution in [2.45, 2.75) is 0 Å². The minimum atomic E-state index is -0.542. The number of ketones is 2. The highest BCUT2D eigenvalue weighted by molar-refractivity contribution is 6.30. The van der Waals surface area contributed by atoms with Crippen molar-refractivity contribution in [2.75, 3.05) is 21.3 Å². The second-order valence-electron chi connectivity index (χ2n) is 7.14. The fourth-order valence-corrected chi connectivity index (χ4v) is 3.84. The number of phenolic OH excluding ortho intramolecular Hbond substituents is 1. The van der Waals surface area contributed by atoms with Crippen molar-refractivity contribution in [2.24, 2.45) is 0 Å². The molecule has 0 aliphatic rings. The van der Waals surface area contributed by atoms with E-state index >= 15 is 0 Å². The minimum Gasteiger partial charge on any atom is -0.507 e. The van der Waals surface area contributed by atoms with Crippen LogP contribution in [0.25, 0.3) is 5.52 Å². The predicted octanol–water partition coefficient (Wildman–Crippen LogP) is 4.79. The Hall–Kier alpha value is -3.97. The number of fused-ring (bicyclic) bond motifs is 1. The van der Waals surface area contributed by atoms with E-state index in [9.17, 15) is 14.7 Å². The van der Waals surface area contributed by atoms with Crippen LogP contribution in [0, 0.1) is 0 Å². The third kappa shape index (κ3) is 3.87. The van der Waals surface area contributed by atoms with Crippen molar-refractivity contribution >= 4 is 28.7 Å². The first-order valence-corrected chi connectivity index (χ1v) is 10.3. The molecule has 0 bridgehead atoms. The first-order valence-electron chi connectivity index (χ1n) is 9.87. The summed E-state index contributed by atoms with van der Waals surface area (Å²) in [7, 11) is 4.17. The van der Waals surface area contributed by atoms with Crippen LogP contribution in [0.1, 0.15) is 32.0 Å². The number of pyridine rings is 1. The van der Waals surface area contributed by atoms with Crippen LogP contribution in [0.5, 0.6) is 23.0 Å². The van der Waals surface area contributed by atoms with Crippen LogP contribution in [0.3, 0.4) is 0 Å². The monoisotopic (exact) mass is 465 g/mol. The molecular weight excluding hydrogens is 446 g/mol. The predicted molar refractivity (Wildman–Crippen MR) is 123 cm³/mol. The second-order valence-corrected chi connectivity index (χ2v) is 7.57. The summed E-state index contributed by atoms with van der Waals surface area (Å²) in [6.45, 7) is 0. The van der Waals surface area contributed by atoms with Crippen LogP contribution in [-0.4, -0.2) is 42.4 Å². The van der Waals surface area contributed by atoms with Gasteiger partial charge in [-0.2, -0.15) is 0 Å². The summed E-state index contributed by atoms with van der Waals surface area (Å²) in [5, 5.41) is 11.1. The number of halogens is 1. The normalized spacial score (nSPS) is 10.8. The number of methoxy groups -OCH3 is 3. The molecule has 0 amide bonds. The summed E-state index contributed by atoms with van der Waals surface area (Å²) in [4.78, 5) is 26.8. The molecule has 0 aliphatic heterocycles. The summed E-state index contributed by atoms with van der Waals surface area (Å²) in [5.74, 6) is -0.757. The molecular formula is C25H20ClNO6. The summed E-state index contributed by atoms with van der Waals surface area (Å²) in [6, 6.07) is 14.5. The van der Waals surface area contributed by atoms with Gasteiger partial charge in [-0.05, 0) is 48.5 Å². The first-order chi connectivity index (χ1) is 15.9. The molecule has 168 valence electrons. The summed E-state index contributed by atoms with van der Waals surface area (Å²) in [5.41, 5.74) is 1.43. The molecule has 1 N–H and O–H groups in total. The Labute approximate surface area is 194 Å². The molecule has 0 spiro atoms. The van der Waals surface area contributed by atoms with E-state index in [1.165, 1.54) is 33.5 Å². The summed E-state index contributed by atoms with van der Waals surface area (Å²) < 4.78 is 17.7. The molecule has 2 heterocycles. The maximum atomic E-state index is 13.6. The van der Waals surface area contributed by atoms with Gasteiger partial charge in [0.2, 0.25) is 17.3 Å². The number of benzene rings is 2. The third-order valence-corrected chi connectivity index (χ3v) is 5.52. The Kier molecular flexibility index (Phi) is 5.98. The quantitative estimate of drug-likeness (QED) is 0.395. The lowest BCUT2D eigenvalue weighted by Crippen LogP contribution is -2.12. The number of hydrogen-bond donors (Lipinski definition) is 1. The zero-order valence-corrected chi connectivity index (χ0v) is 18.8. The largest absolute Gasteiger partial charge is 0.507 e. The number of hydrogen-bond acceptors (Lipinski definition) is 6. The summed E-state index contributed by atoms with van der Waals surface area (Å²) >= 11 is 5.95. The first kappa shape index (κ1) is 22.2. The second kappa shape index (κ2) is 8.88. The van der Waals surface area contributed by atoms with Gasteiger partial charge in [0.1, 0.15) is 11.3 Å². The van der Waals surface area contributed by atoms with Crippen molar-refractivity contribution in [3.05, 3.63) is 88.2 Å². The van der Waals surface area contributed by atoms with Gasteiger partial charge in [-0.15, -0.1) is 0 Å². The zero-order chi connectivity index (χ0) is 23.7. The van der Waals surface area contributed by atoms with E-state index in [0.717, 1.165) is 0 Å². The molecule has 4 rings (SSSR count). The molecule has 2 aromatic heterocycles. The number of carbonyl (C=O) groups excluding carboxylic acids is 2. The number of ether oxygens (including phenoxy) is 3. The lowest BCUT2D eigenvalue weighted by atomic mass is 9.98. The van der Waals surface area contributed by atoms with Crippen LogP contribution in [-0.2, 0) is 0 Å². The van der Waals surface area contributed by atoms with Crippen molar-refractivity contribution < 1.29 is 28.9 Å². The van der Waals surface area contributed by atoms with Crippen molar-refractivity contribution in [3.63, 3.8) is 0 Å². The molecule has 0 saturated carbocycles. The topological polar surface area (TPSA) is 86.5 Å². The van der Waals surface area contributed by atoms with E-state index in [1.54, 1.807) is 53.1 Å². The fourth-order valence-electron chi connectivity index (χ4n) is 3.71. The molecule has 2 aromatic carbocycles. The third-order valence-electron chi connectivity index (χ3n) is 5.27. The van der Waals surface area contributed by atoms with Crippen LogP contribution < -0.4 is 14.2 Å². The van der Waals surface area contributed by atoms with E-state index in [2.05, 4.69) is 0 Å². The Morgan fingerprint density at radius 2 is 1.55 bits per heavy atom. The number of aromatic hydroxyl groups is 1. The molecule has 0 saturated heterocycles. The van der Waals surface area contributed by atoms with Crippen molar-refractivity contribution in [1.29, 1.82) is 0 Å². The van der Waals surface area contributed by atoms with E-state index in [-0.39, 0.29) is 45.6 Å². The maximum absolute atomic E-state index is 13.6. The van der Waals surface area contributed by atoms with Crippen LogP contribution in [0.2, 0.25) is 5.02 Å². The molecule has 0 atom stereocenters. The molecule has 0 aliphatic carbocycles. The molecule has 7 nitrogen and oxygen atoms in total. The molecule has 0 unspecified atom stereocenters. The standard InChI is InChI=1S/C25H20ClNO6/c1-31-20-13-19(28)21(25(33-3)24(20)32-2)23(30)15-11-17-5-4-10-27(17)18(12-15)22(29)14-6-8-16(26)9-7-14/h4-13,28H,1-3H3. The van der Waals surface area contributed by atoms with E-state index in [1.807, 2.05) is 0 Å². The molecule has 0 radical (unpaired) electrons.